The van der Waals surface area contributed by atoms with Crippen molar-refractivity contribution in [2.45, 2.75) is 45.0 Å². The normalized spacial score (nSPS) is 24.8. The van der Waals surface area contributed by atoms with E-state index in [-0.39, 0.29) is 17.1 Å². The molecule has 21 heteroatoms. The zero-order valence-corrected chi connectivity index (χ0v) is 25.4. The molecule has 3 rings (SSSR count). The van der Waals surface area contributed by atoms with Crippen molar-refractivity contribution >= 4 is 50.9 Å². The number of hydrogen-bond donors (Lipinski definition) is 6. The quantitative estimate of drug-likeness (QED) is 0.0547. The van der Waals surface area contributed by atoms with Gasteiger partial charge in [0.05, 0.1) is 0 Å². The van der Waals surface area contributed by atoms with Gasteiger partial charge in [-0.05, 0) is 19.6 Å². The van der Waals surface area contributed by atoms with Crippen LogP contribution in [-0.4, -0.2) is 93.5 Å². The van der Waals surface area contributed by atoms with Crippen LogP contribution in [0.15, 0.2) is 11.1 Å². The molecule has 39 heavy (non-hydrogen) atoms. The SMILES string of the molecule is CCN(CC)CC.C[n+]1cn([C@@H]2O[C@H](COP([O-])(O)=[SH]#P=O)[C@](O)(OS(C)(=O)=O)[C@H]2O)c2nc(N)[nH]c(=O)c21. The van der Waals surface area contributed by atoms with Crippen molar-refractivity contribution in [2.24, 2.45) is 7.05 Å². The molecule has 0 aromatic carbocycles. The van der Waals surface area contributed by atoms with Crippen molar-refractivity contribution in [1.82, 2.24) is 19.4 Å². The Labute approximate surface area is 228 Å². The second-order valence-corrected chi connectivity index (χ2v) is 15.6. The Morgan fingerprint density at radius 3 is 2.49 bits per heavy atom. The Hall–Kier alpha value is -1.34. The fourth-order valence-electron chi connectivity index (χ4n) is 3.82. The molecule has 1 saturated heterocycles. The number of ether oxygens (including phenoxy) is 1. The van der Waals surface area contributed by atoms with Crippen LogP contribution in [0.25, 0.3) is 11.2 Å². The van der Waals surface area contributed by atoms with Crippen LogP contribution in [0, 0.1) is 0 Å². The Bertz CT molecular complexity index is 1520. The van der Waals surface area contributed by atoms with Gasteiger partial charge in [0.25, 0.3) is 0 Å². The van der Waals surface area contributed by atoms with Gasteiger partial charge in [-0.15, -0.1) is 0 Å². The maximum atomic E-state index is 12.2. The van der Waals surface area contributed by atoms with Crippen LogP contribution in [0.2, 0.25) is 0 Å². The van der Waals surface area contributed by atoms with Gasteiger partial charge in [-0.3, -0.25) is 0 Å². The summed E-state index contributed by atoms with van der Waals surface area (Å²) in [5.41, 5.74) is 4.87. The van der Waals surface area contributed by atoms with Gasteiger partial charge in [-0.1, -0.05) is 20.8 Å². The molecule has 0 bridgehead atoms. The zero-order chi connectivity index (χ0) is 29.8. The first-order chi connectivity index (χ1) is 18.0. The van der Waals surface area contributed by atoms with Gasteiger partial charge in [-0.25, -0.2) is 0 Å². The Balaban J connectivity index is 0.000000673. The number of fused-ring (bicyclic) bond motifs is 1. The monoisotopic (exact) mass is 636 g/mol. The minimum atomic E-state index is -4.43. The molecular formula is C18H34N6O11P2S2. The Morgan fingerprint density at radius 1 is 1.41 bits per heavy atom. The second-order valence-electron chi connectivity index (χ2n) is 8.33. The summed E-state index contributed by atoms with van der Waals surface area (Å²) in [4.78, 5) is 42.3. The van der Waals surface area contributed by atoms with Crippen molar-refractivity contribution in [3.8, 4) is 0 Å². The van der Waals surface area contributed by atoms with Crippen molar-refractivity contribution in [2.75, 3.05) is 38.2 Å². The molecule has 17 nitrogen and oxygen atoms in total. The predicted octanol–water partition coefficient (Wildman–Crippen LogP) is -2.53. The third-order valence-corrected chi connectivity index (χ3v) is 11.0. The molecule has 1 unspecified atom stereocenters. The van der Waals surface area contributed by atoms with Crippen LogP contribution in [0.4, 0.5) is 5.95 Å². The fraction of sp³-hybridized carbons (Fsp3) is 0.722. The first kappa shape index (κ1) is 33.9. The Morgan fingerprint density at radius 2 is 2.00 bits per heavy atom. The van der Waals surface area contributed by atoms with E-state index in [1.54, 1.807) is 0 Å². The summed E-state index contributed by atoms with van der Waals surface area (Å²) in [5, 5.41) is 21.6. The number of hydrogen-bond acceptors (Lipinski definition) is 13. The van der Waals surface area contributed by atoms with E-state index < -0.39 is 70.2 Å². The molecule has 0 spiro atoms. The van der Waals surface area contributed by atoms with Crippen LogP contribution >= 0.6 is 13.8 Å². The third-order valence-electron chi connectivity index (χ3n) is 5.69. The second kappa shape index (κ2) is 13.5. The van der Waals surface area contributed by atoms with E-state index in [1.165, 1.54) is 37.6 Å². The van der Waals surface area contributed by atoms with Gasteiger partial charge >= 0.3 is 183 Å². The van der Waals surface area contributed by atoms with Crippen LogP contribution in [0.3, 0.4) is 0 Å². The average Bonchev–Trinajstić information content (AvgIpc) is 3.26. The van der Waals surface area contributed by atoms with E-state index in [9.17, 15) is 37.8 Å². The molecule has 1 aliphatic rings. The number of H-pyrrole nitrogens is 1. The standard InChI is InChI=1S/C12H19N5O11P2S2.C6H15N/c1-16-4-17(8-6(16)9(19)15-11(13)14-8)10-7(18)12(20,28-32(2,24)25)5(27-10)3-26-30(22,23)31-29-21;1-4-7(5-2)6-3/h4-5,7,10,18,20,31H,3H2,1-2H3,(H4-,13,14,15,19,22,23);4-6H2,1-3H3/t5-,7+,10-,12+;/m1./s1. The van der Waals surface area contributed by atoms with Crippen LogP contribution in [0.1, 0.15) is 27.0 Å². The van der Waals surface area contributed by atoms with Crippen LogP contribution < -0.4 is 20.8 Å². The molecule has 1 aliphatic heterocycles. The number of nitrogens with one attached hydrogen (secondary N) is 1. The van der Waals surface area contributed by atoms with Crippen molar-refractivity contribution < 1.29 is 51.0 Å². The number of thiol groups is 1. The fourth-order valence-corrected chi connectivity index (χ4v) is 6.91. The van der Waals surface area contributed by atoms with Crippen LogP contribution in [0.5, 0.6) is 0 Å². The summed E-state index contributed by atoms with van der Waals surface area (Å²) in [6.45, 7) is 4.76. The van der Waals surface area contributed by atoms with Gasteiger partial charge < -0.3 is 4.90 Å². The molecule has 6 N–H and O–H groups in total. The summed E-state index contributed by atoms with van der Waals surface area (Å²) in [7, 11) is -4.15. The van der Waals surface area contributed by atoms with Gasteiger partial charge in [0.1, 0.15) is 0 Å². The number of aromatic amines is 1. The number of nitrogens with zero attached hydrogens (tertiary/aromatic N) is 4. The van der Waals surface area contributed by atoms with E-state index >= 15 is 0 Å². The first-order valence-corrected chi connectivity index (χ1v) is 18.0. The molecule has 1 fully saturated rings. The number of imidazole rings is 1. The van der Waals surface area contributed by atoms with Gasteiger partial charge in [0.2, 0.25) is 0 Å². The Kier molecular flexibility index (Phi) is 11.8. The summed E-state index contributed by atoms with van der Waals surface area (Å²) in [6.07, 6.45) is -3.67. The van der Waals surface area contributed by atoms with E-state index in [4.69, 9.17) is 15.0 Å². The molecule has 0 amide bonds. The average molecular weight is 637 g/mol. The predicted molar refractivity (Wildman–Crippen MR) is 142 cm³/mol. The zero-order valence-electron chi connectivity index (χ0n) is 21.9. The summed E-state index contributed by atoms with van der Waals surface area (Å²) >= 11 is 0. The third kappa shape index (κ3) is 8.34. The molecule has 224 valence electrons. The number of rotatable bonds is 9. The van der Waals surface area contributed by atoms with E-state index in [0.717, 1.165) is 4.57 Å². The number of aryl methyl sites for hydroxylation is 1. The molecule has 5 atom stereocenters. The summed E-state index contributed by atoms with van der Waals surface area (Å²) < 4.78 is 51.4. The topological polar surface area (TPSA) is 246 Å². The number of nitrogen functional groups attached to an aromatic ring is 1. The first-order valence-electron chi connectivity index (χ1n) is 11.5. The van der Waals surface area contributed by atoms with E-state index in [1.807, 2.05) is 0 Å². The van der Waals surface area contributed by atoms with Gasteiger partial charge in [-0.2, -0.15) is 0 Å². The number of anilines is 1. The van der Waals surface area contributed by atoms with Crippen molar-refractivity contribution in [3.63, 3.8) is 0 Å². The molecule has 0 radical (unpaired) electrons. The maximum absolute atomic E-state index is 12.2. The number of nitrogens with two attached hydrogens (primary N) is 1. The molecule has 0 saturated carbocycles. The molecule has 2 aromatic rings. The van der Waals surface area contributed by atoms with Crippen LogP contribution in [-0.2, 0) is 45.1 Å². The molecule has 2 aromatic heterocycles. The van der Waals surface area contributed by atoms with E-state index in [0.29, 0.717) is 6.26 Å². The summed E-state index contributed by atoms with van der Waals surface area (Å²) in [6, 6.07) is 0. The number of aliphatic hydroxyl groups is 2. The number of aliphatic hydroxyl groups excluding tert-OH is 1. The van der Waals surface area contributed by atoms with Crippen molar-refractivity contribution in [3.05, 3.63) is 16.7 Å². The van der Waals surface area contributed by atoms with Crippen molar-refractivity contribution in [1.29, 1.82) is 0 Å². The van der Waals surface area contributed by atoms with Gasteiger partial charge in [0.15, 0.2) is 0 Å². The molecule has 0 aliphatic carbocycles. The number of aromatic nitrogens is 4. The van der Waals surface area contributed by atoms with Gasteiger partial charge in [0, 0.05) is 0 Å². The summed E-state index contributed by atoms with van der Waals surface area (Å²) in [5.74, 6) is -3.24. The minimum absolute atomic E-state index is 0.00962. The molecule has 3 heterocycles. The van der Waals surface area contributed by atoms with E-state index in [2.05, 4.69) is 39.8 Å². The molecular weight excluding hydrogens is 602 g/mol.